The number of rotatable bonds is 5. The summed E-state index contributed by atoms with van der Waals surface area (Å²) in [6.07, 6.45) is 1.59. The quantitative estimate of drug-likeness (QED) is 0.390. The lowest BCUT2D eigenvalue weighted by atomic mass is 10.2. The second-order valence-corrected chi connectivity index (χ2v) is 11.0. The molecule has 2 aromatic carbocycles. The van der Waals surface area contributed by atoms with Crippen LogP contribution in [0.4, 0.5) is 23.0 Å². The van der Waals surface area contributed by atoms with Crippen molar-refractivity contribution in [2.24, 2.45) is 0 Å². The van der Waals surface area contributed by atoms with Crippen LogP contribution in [0.3, 0.4) is 0 Å². The molecule has 3 heterocycles. The molecule has 1 N–H and O–H groups in total. The van der Waals surface area contributed by atoms with E-state index in [1.54, 1.807) is 18.2 Å². The Balaban J connectivity index is 1.30. The van der Waals surface area contributed by atoms with Crippen molar-refractivity contribution in [1.82, 2.24) is 14.9 Å². The number of halogens is 2. The fraction of sp³-hybridized carbons (Fsp3) is 0.292. The number of benzene rings is 2. The Morgan fingerprint density at radius 3 is 2.40 bits per heavy atom. The van der Waals surface area contributed by atoms with E-state index in [-0.39, 0.29) is 5.91 Å². The van der Waals surface area contributed by atoms with Crippen LogP contribution in [-0.2, 0) is 0 Å². The number of thioether (sulfide) groups is 1. The van der Waals surface area contributed by atoms with E-state index in [2.05, 4.69) is 76.1 Å². The number of hydrogen-bond donors (Lipinski definition) is 1. The lowest BCUT2D eigenvalue weighted by molar-refractivity contribution is 0.0985. The highest BCUT2D eigenvalue weighted by Gasteiger charge is 2.30. The van der Waals surface area contributed by atoms with Crippen LogP contribution < -0.4 is 19.9 Å². The van der Waals surface area contributed by atoms with Gasteiger partial charge in [0.2, 0.25) is 5.95 Å². The molecule has 2 aliphatic rings. The maximum absolute atomic E-state index is 13.3. The number of carbonyl (C=O) groups is 1. The fourth-order valence-electron chi connectivity index (χ4n) is 4.05. The normalized spacial score (nSPS) is 16.3. The number of fused-ring (bicyclic) bond motifs is 1. The molecule has 0 spiro atoms. The van der Waals surface area contributed by atoms with Crippen molar-refractivity contribution in [3.63, 3.8) is 0 Å². The van der Waals surface area contributed by atoms with Gasteiger partial charge in [-0.1, -0.05) is 11.8 Å². The molecule has 8 nitrogen and oxygen atoms in total. The molecule has 5 rings (SSSR count). The van der Waals surface area contributed by atoms with Crippen LogP contribution in [-0.4, -0.2) is 67.0 Å². The van der Waals surface area contributed by atoms with Gasteiger partial charge in [0, 0.05) is 52.7 Å². The summed E-state index contributed by atoms with van der Waals surface area (Å²) in [5, 5.41) is 3.93. The lowest BCUT2D eigenvalue weighted by Crippen LogP contribution is -2.44. The minimum absolute atomic E-state index is 0.145. The van der Waals surface area contributed by atoms with Crippen LogP contribution in [0.2, 0.25) is 0 Å². The summed E-state index contributed by atoms with van der Waals surface area (Å²) < 4.78 is 6.83. The Labute approximate surface area is 225 Å². The minimum atomic E-state index is -0.145. The summed E-state index contributed by atoms with van der Waals surface area (Å²) in [5.74, 6) is 1.46. The van der Waals surface area contributed by atoms with Crippen LogP contribution in [0.15, 0.2) is 56.6 Å². The molecule has 3 aromatic rings. The molecule has 1 fully saturated rings. The number of nitrogens with zero attached hydrogens (tertiary/aromatic N) is 5. The summed E-state index contributed by atoms with van der Waals surface area (Å²) in [4.78, 5) is 28.8. The van der Waals surface area contributed by atoms with Gasteiger partial charge in [-0.15, -0.1) is 0 Å². The van der Waals surface area contributed by atoms with Gasteiger partial charge in [-0.05, 0) is 75.3 Å². The summed E-state index contributed by atoms with van der Waals surface area (Å²) in [6.45, 7) is 4.21. The third-order valence-corrected chi connectivity index (χ3v) is 8.23. The number of ether oxygens (including phenoxy) is 1. The maximum Gasteiger partial charge on any atom is 0.263 e. The Hall–Kier alpha value is -2.34. The number of anilines is 4. The van der Waals surface area contributed by atoms with Crippen LogP contribution in [0.25, 0.3) is 0 Å². The van der Waals surface area contributed by atoms with E-state index in [0.29, 0.717) is 28.2 Å². The first-order valence-corrected chi connectivity index (χ1v) is 13.7. The number of aromatic nitrogens is 2. The van der Waals surface area contributed by atoms with Gasteiger partial charge in [0.25, 0.3) is 5.91 Å². The minimum Gasteiger partial charge on any atom is -0.497 e. The molecule has 182 valence electrons. The molecule has 0 unspecified atom stereocenters. The third kappa shape index (κ3) is 5.13. The number of nitrogens with one attached hydrogen (secondary N) is 1. The molecule has 1 aromatic heterocycles. The monoisotopic (exact) mass is 618 g/mol. The van der Waals surface area contributed by atoms with Crippen LogP contribution in [0.1, 0.15) is 10.4 Å². The number of methoxy groups -OCH3 is 1. The van der Waals surface area contributed by atoms with Crippen LogP contribution >= 0.6 is 43.6 Å². The zero-order valence-corrected chi connectivity index (χ0v) is 23.3. The molecule has 35 heavy (non-hydrogen) atoms. The van der Waals surface area contributed by atoms with Crippen LogP contribution in [0.5, 0.6) is 5.75 Å². The Kier molecular flexibility index (Phi) is 7.19. The van der Waals surface area contributed by atoms with Crippen molar-refractivity contribution >= 4 is 72.5 Å². The Morgan fingerprint density at radius 2 is 1.74 bits per heavy atom. The highest BCUT2D eigenvalue weighted by molar-refractivity contribution is 9.11. The molecule has 0 atom stereocenters. The summed E-state index contributed by atoms with van der Waals surface area (Å²) >= 11 is 8.63. The predicted octanol–water partition coefficient (Wildman–Crippen LogP) is 5.22. The van der Waals surface area contributed by atoms with Gasteiger partial charge in [0.15, 0.2) is 0 Å². The van der Waals surface area contributed by atoms with Gasteiger partial charge in [-0.2, -0.15) is 0 Å². The summed E-state index contributed by atoms with van der Waals surface area (Å²) in [5.41, 5.74) is 3.35. The lowest BCUT2D eigenvalue weighted by Gasteiger charge is -2.34. The number of carbonyl (C=O) groups excluding carboxylic acids is 1. The van der Waals surface area contributed by atoms with Gasteiger partial charge in [-0.3, -0.25) is 9.69 Å². The van der Waals surface area contributed by atoms with E-state index in [1.165, 1.54) is 17.4 Å². The average molecular weight is 620 g/mol. The van der Waals surface area contributed by atoms with E-state index in [0.717, 1.165) is 46.5 Å². The molecule has 2 aliphatic heterocycles. The Bertz CT molecular complexity index is 1230. The van der Waals surface area contributed by atoms with E-state index >= 15 is 0 Å². The highest BCUT2D eigenvalue weighted by atomic mass is 79.9. The largest absolute Gasteiger partial charge is 0.497 e. The van der Waals surface area contributed by atoms with Crippen molar-refractivity contribution in [3.8, 4) is 5.75 Å². The number of piperazine rings is 1. The summed E-state index contributed by atoms with van der Waals surface area (Å²) in [6, 6.07) is 12.0. The first-order chi connectivity index (χ1) is 16.9. The zero-order chi connectivity index (χ0) is 24.5. The molecular formula is C24H24Br2N6O2S. The van der Waals surface area contributed by atoms with E-state index in [1.807, 2.05) is 24.3 Å². The predicted molar refractivity (Wildman–Crippen MR) is 147 cm³/mol. The third-order valence-electron chi connectivity index (χ3n) is 6.05. The van der Waals surface area contributed by atoms with Crippen molar-refractivity contribution in [2.45, 2.75) is 5.03 Å². The Morgan fingerprint density at radius 1 is 1.06 bits per heavy atom. The second kappa shape index (κ2) is 10.3. The average Bonchev–Trinajstić information content (AvgIpc) is 2.86. The molecule has 0 radical (unpaired) electrons. The molecule has 1 saturated heterocycles. The van der Waals surface area contributed by atoms with Crippen molar-refractivity contribution in [3.05, 3.63) is 57.1 Å². The summed E-state index contributed by atoms with van der Waals surface area (Å²) in [7, 11) is 3.76. The van der Waals surface area contributed by atoms with E-state index < -0.39 is 0 Å². The molecule has 11 heteroatoms. The molecular weight excluding hydrogens is 596 g/mol. The number of amides is 1. The van der Waals surface area contributed by atoms with Gasteiger partial charge >= 0.3 is 0 Å². The first kappa shape index (κ1) is 24.4. The van der Waals surface area contributed by atoms with E-state index in [4.69, 9.17) is 4.74 Å². The van der Waals surface area contributed by atoms with Crippen molar-refractivity contribution in [2.75, 3.05) is 61.3 Å². The van der Waals surface area contributed by atoms with Crippen molar-refractivity contribution < 1.29 is 9.53 Å². The van der Waals surface area contributed by atoms with Gasteiger partial charge < -0.3 is 19.9 Å². The van der Waals surface area contributed by atoms with Crippen molar-refractivity contribution in [1.29, 1.82) is 0 Å². The SMILES string of the molecule is COc1cc(Br)c(N2CSc3nc(Nc4ccc(N5CCN(C)CC5)cc4)ncc3C2=O)c(Br)c1. The molecule has 0 saturated carbocycles. The zero-order valence-electron chi connectivity index (χ0n) is 19.3. The van der Waals surface area contributed by atoms with Gasteiger partial charge in [0.05, 0.1) is 24.2 Å². The smallest absolute Gasteiger partial charge is 0.263 e. The fourth-order valence-corrected chi connectivity index (χ4v) is 6.56. The topological polar surface area (TPSA) is 73.8 Å². The highest BCUT2D eigenvalue weighted by Crippen LogP contribution is 2.42. The van der Waals surface area contributed by atoms with Gasteiger partial charge in [0.1, 0.15) is 10.8 Å². The standard InChI is InChI=1S/C24H24Br2N6O2S/c1-30-7-9-31(10-8-30)16-5-3-15(4-6-16)28-24-27-13-18-22(29-24)35-14-32(23(18)33)21-19(25)11-17(34-2)12-20(21)26/h3-6,11-13H,7-10,14H2,1-2H3,(H,27,28,29). The molecule has 0 bridgehead atoms. The van der Waals surface area contributed by atoms with Crippen LogP contribution in [0, 0.1) is 0 Å². The van der Waals surface area contributed by atoms with E-state index in [9.17, 15) is 4.79 Å². The second-order valence-electron chi connectivity index (χ2n) is 8.32. The van der Waals surface area contributed by atoms with Gasteiger partial charge in [-0.25, -0.2) is 9.97 Å². The molecule has 1 amide bonds. The maximum atomic E-state index is 13.3. The molecule has 0 aliphatic carbocycles. The number of hydrogen-bond acceptors (Lipinski definition) is 8. The number of likely N-dealkylation sites (N-methyl/N-ethyl adjacent to an activating group) is 1. The first-order valence-electron chi connectivity index (χ1n) is 11.1.